The number of ether oxygens (including phenoxy) is 1. The molecule has 0 amide bonds. The molecule has 1 unspecified atom stereocenters. The first-order chi connectivity index (χ1) is 8.18. The fraction of sp³-hybridized carbons (Fsp3) is 0.933. The van der Waals surface area contributed by atoms with Crippen molar-refractivity contribution in [2.75, 3.05) is 6.61 Å². The highest BCUT2D eigenvalue weighted by molar-refractivity contribution is 5.62. The van der Waals surface area contributed by atoms with Gasteiger partial charge in [0.15, 0.2) is 0 Å². The molecule has 0 rings (SSSR count). The minimum atomic E-state index is -0.841. The molecule has 0 aliphatic rings. The molecular weight excluding hydrogens is 242 g/mol. The van der Waals surface area contributed by atoms with Gasteiger partial charge in [0.1, 0.15) is 6.29 Å². The number of rotatable bonds is 8. The fourth-order valence-corrected chi connectivity index (χ4v) is 2.71. The topological polar surface area (TPSA) is 72.6 Å². The van der Waals surface area contributed by atoms with E-state index in [4.69, 9.17) is 10.5 Å². The van der Waals surface area contributed by atoms with Gasteiger partial charge in [0.2, 0.25) is 0 Å². The van der Waals surface area contributed by atoms with Gasteiger partial charge in [-0.15, -0.1) is 0 Å². The van der Waals surface area contributed by atoms with E-state index >= 15 is 0 Å². The Morgan fingerprint density at radius 1 is 1.05 bits per heavy atom. The molecule has 0 radical (unpaired) electrons. The monoisotopic (exact) mass is 273 g/mol. The summed E-state index contributed by atoms with van der Waals surface area (Å²) in [4.78, 5) is 10.9. The van der Waals surface area contributed by atoms with E-state index in [0.29, 0.717) is 6.42 Å². The van der Waals surface area contributed by atoms with Crippen LogP contribution in [0.2, 0.25) is 0 Å². The van der Waals surface area contributed by atoms with Crippen molar-refractivity contribution in [3.8, 4) is 0 Å². The lowest BCUT2D eigenvalue weighted by Gasteiger charge is -2.39. The average Bonchev–Trinajstić information content (AvgIpc) is 2.10. The van der Waals surface area contributed by atoms with Crippen LogP contribution in [0.3, 0.4) is 0 Å². The number of nitrogens with two attached hydrogens (primary N) is 1. The maximum Gasteiger partial charge on any atom is 0.139 e. The second kappa shape index (κ2) is 5.90. The van der Waals surface area contributed by atoms with Crippen molar-refractivity contribution >= 4 is 6.29 Å². The van der Waals surface area contributed by atoms with Crippen LogP contribution in [0.4, 0.5) is 0 Å². The summed E-state index contributed by atoms with van der Waals surface area (Å²) >= 11 is 0. The van der Waals surface area contributed by atoms with Crippen molar-refractivity contribution in [2.24, 2.45) is 11.1 Å². The van der Waals surface area contributed by atoms with E-state index in [-0.39, 0.29) is 17.6 Å². The van der Waals surface area contributed by atoms with E-state index in [2.05, 4.69) is 13.8 Å². The third-order valence-electron chi connectivity index (χ3n) is 2.85. The van der Waals surface area contributed by atoms with E-state index in [0.717, 1.165) is 12.7 Å². The molecule has 0 fully saturated rings. The summed E-state index contributed by atoms with van der Waals surface area (Å²) in [7, 11) is 0. The van der Waals surface area contributed by atoms with Gasteiger partial charge < -0.3 is 20.4 Å². The van der Waals surface area contributed by atoms with Crippen LogP contribution in [-0.4, -0.2) is 34.7 Å². The molecule has 0 heterocycles. The number of hydrogen-bond donors (Lipinski definition) is 2. The van der Waals surface area contributed by atoms with Crippen molar-refractivity contribution in [3.63, 3.8) is 0 Å². The standard InChI is InChI=1S/C15H31NO3/c1-12(2,9-15(7,16)10-17)8-14(5,6)19-11-13(3,4)18/h10,18H,8-9,11,16H2,1-7H3. The molecule has 0 aliphatic carbocycles. The summed E-state index contributed by atoms with van der Waals surface area (Å²) in [5, 5.41) is 9.71. The Kier molecular flexibility index (Phi) is 5.76. The quantitative estimate of drug-likeness (QED) is 0.665. The molecule has 0 spiro atoms. The number of carbonyl (C=O) groups excluding carboxylic acids is 1. The number of carbonyl (C=O) groups is 1. The van der Waals surface area contributed by atoms with E-state index in [1.165, 1.54) is 0 Å². The zero-order valence-electron chi connectivity index (χ0n) is 13.5. The van der Waals surface area contributed by atoms with Crippen LogP contribution in [-0.2, 0) is 9.53 Å². The molecule has 3 N–H and O–H groups in total. The van der Waals surface area contributed by atoms with Crippen LogP contribution in [0.1, 0.15) is 61.3 Å². The van der Waals surface area contributed by atoms with E-state index in [1.807, 2.05) is 13.8 Å². The summed E-state index contributed by atoms with van der Waals surface area (Å²) < 4.78 is 5.80. The maximum absolute atomic E-state index is 10.9. The second-order valence-corrected chi connectivity index (χ2v) is 8.00. The Morgan fingerprint density at radius 3 is 1.89 bits per heavy atom. The molecule has 0 aromatic carbocycles. The van der Waals surface area contributed by atoms with Crippen LogP contribution in [0.5, 0.6) is 0 Å². The lowest BCUT2D eigenvalue weighted by atomic mass is 9.74. The normalized spacial score (nSPS) is 17.1. The van der Waals surface area contributed by atoms with Gasteiger partial charge in [-0.2, -0.15) is 0 Å². The van der Waals surface area contributed by atoms with Gasteiger partial charge in [-0.05, 0) is 52.9 Å². The lowest BCUT2D eigenvalue weighted by molar-refractivity contribution is -0.116. The molecule has 4 heteroatoms. The smallest absolute Gasteiger partial charge is 0.139 e. The Hall–Kier alpha value is -0.450. The molecule has 0 aromatic rings. The summed E-state index contributed by atoms with van der Waals surface area (Å²) in [5.41, 5.74) is 3.77. The van der Waals surface area contributed by atoms with Crippen molar-refractivity contribution in [3.05, 3.63) is 0 Å². The zero-order chi connectivity index (χ0) is 15.5. The largest absolute Gasteiger partial charge is 0.388 e. The zero-order valence-corrected chi connectivity index (χ0v) is 13.5. The van der Waals surface area contributed by atoms with Crippen molar-refractivity contribution in [1.82, 2.24) is 0 Å². The van der Waals surface area contributed by atoms with Crippen molar-refractivity contribution in [2.45, 2.75) is 78.0 Å². The molecule has 1 atom stereocenters. The van der Waals surface area contributed by atoms with Gasteiger partial charge in [0.25, 0.3) is 0 Å². The molecule has 19 heavy (non-hydrogen) atoms. The van der Waals surface area contributed by atoms with Gasteiger partial charge in [-0.25, -0.2) is 0 Å². The minimum absolute atomic E-state index is 0.118. The first kappa shape index (κ1) is 18.6. The number of aliphatic hydroxyl groups is 1. The number of aldehydes is 1. The highest BCUT2D eigenvalue weighted by atomic mass is 16.5. The predicted molar refractivity (Wildman–Crippen MR) is 78.0 cm³/mol. The first-order valence-electron chi connectivity index (χ1n) is 6.80. The molecule has 114 valence electrons. The summed E-state index contributed by atoms with van der Waals surface area (Å²) in [6, 6.07) is 0. The maximum atomic E-state index is 10.9. The predicted octanol–water partition coefficient (Wildman–Crippen LogP) is 2.28. The Morgan fingerprint density at radius 2 is 1.53 bits per heavy atom. The molecule has 0 saturated heterocycles. The van der Waals surface area contributed by atoms with Crippen molar-refractivity contribution in [1.29, 1.82) is 0 Å². The van der Waals surface area contributed by atoms with E-state index in [1.54, 1.807) is 20.8 Å². The molecule has 0 bridgehead atoms. The van der Waals surface area contributed by atoms with Crippen LogP contribution in [0.15, 0.2) is 0 Å². The summed E-state index contributed by atoms with van der Waals surface area (Å²) in [5.74, 6) is 0. The Labute approximate surface area is 117 Å². The van der Waals surface area contributed by atoms with Crippen molar-refractivity contribution < 1.29 is 14.6 Å². The van der Waals surface area contributed by atoms with Gasteiger partial charge in [0.05, 0.1) is 23.3 Å². The SMILES string of the molecule is CC(C)(O)COC(C)(C)CC(C)(C)CC(C)(N)C=O. The van der Waals surface area contributed by atoms with Crippen LogP contribution in [0.25, 0.3) is 0 Å². The van der Waals surface area contributed by atoms with Crippen LogP contribution < -0.4 is 5.73 Å². The first-order valence-corrected chi connectivity index (χ1v) is 6.80. The third-order valence-corrected chi connectivity index (χ3v) is 2.85. The Balaban J connectivity index is 4.58. The third kappa shape index (κ3) is 9.14. The summed E-state index contributed by atoms with van der Waals surface area (Å²) in [6.45, 7) is 13.6. The van der Waals surface area contributed by atoms with Gasteiger partial charge in [0, 0.05) is 0 Å². The minimum Gasteiger partial charge on any atom is -0.388 e. The van der Waals surface area contributed by atoms with E-state index < -0.39 is 11.1 Å². The van der Waals surface area contributed by atoms with Gasteiger partial charge in [-0.1, -0.05) is 13.8 Å². The highest BCUT2D eigenvalue weighted by Crippen LogP contribution is 2.36. The molecule has 4 nitrogen and oxygen atoms in total. The van der Waals surface area contributed by atoms with Gasteiger partial charge >= 0.3 is 0 Å². The molecule has 0 aromatic heterocycles. The lowest BCUT2D eigenvalue weighted by Crippen LogP contribution is -2.45. The van der Waals surface area contributed by atoms with Crippen LogP contribution >= 0.6 is 0 Å². The molecular formula is C15H31NO3. The van der Waals surface area contributed by atoms with E-state index in [9.17, 15) is 9.90 Å². The highest BCUT2D eigenvalue weighted by Gasteiger charge is 2.35. The average molecular weight is 273 g/mol. The molecule has 0 saturated carbocycles. The second-order valence-electron chi connectivity index (χ2n) is 8.00. The Bertz CT molecular complexity index is 301. The number of hydrogen-bond acceptors (Lipinski definition) is 4. The fourth-order valence-electron chi connectivity index (χ4n) is 2.71. The van der Waals surface area contributed by atoms with Crippen LogP contribution in [0, 0.1) is 5.41 Å². The molecule has 0 aliphatic heterocycles. The summed E-state index contributed by atoms with van der Waals surface area (Å²) in [6.07, 6.45) is 2.16. The van der Waals surface area contributed by atoms with Gasteiger partial charge in [-0.3, -0.25) is 0 Å².